The Morgan fingerprint density at radius 2 is 2.11 bits per heavy atom. The van der Waals surface area contributed by atoms with Crippen molar-refractivity contribution in [3.8, 4) is 0 Å². The summed E-state index contributed by atoms with van der Waals surface area (Å²) in [5.74, 6) is 0.0127. The number of ether oxygens (including phenoxy) is 1. The van der Waals surface area contributed by atoms with Crippen LogP contribution in [-0.4, -0.2) is 27.9 Å². The van der Waals surface area contributed by atoms with Crippen LogP contribution in [0, 0.1) is 6.92 Å². The van der Waals surface area contributed by atoms with Crippen LogP contribution in [0.2, 0.25) is 5.02 Å². The molecule has 0 aliphatic heterocycles. The van der Waals surface area contributed by atoms with Gasteiger partial charge in [0.1, 0.15) is 0 Å². The summed E-state index contributed by atoms with van der Waals surface area (Å²) in [4.78, 5) is 0. The largest absolute Gasteiger partial charge is 0.385 e. The van der Waals surface area contributed by atoms with E-state index in [0.29, 0.717) is 28.2 Å². The fourth-order valence-corrected chi connectivity index (χ4v) is 3.29. The molecule has 1 aromatic carbocycles. The van der Waals surface area contributed by atoms with Crippen LogP contribution in [0.1, 0.15) is 12.0 Å². The van der Waals surface area contributed by atoms with Gasteiger partial charge in [-0.15, -0.1) is 0 Å². The van der Waals surface area contributed by atoms with Gasteiger partial charge in [0.15, 0.2) is 0 Å². The number of anilines is 1. The van der Waals surface area contributed by atoms with Crippen molar-refractivity contribution in [2.24, 2.45) is 0 Å². The van der Waals surface area contributed by atoms with Crippen LogP contribution < -0.4 is 4.72 Å². The van der Waals surface area contributed by atoms with Crippen molar-refractivity contribution in [2.75, 3.05) is 24.2 Å². The van der Waals surface area contributed by atoms with Gasteiger partial charge in [0.25, 0.3) is 0 Å². The molecule has 0 unspecified atom stereocenters. The molecular weight excluding hydrogens is 342 g/mol. The highest BCUT2D eigenvalue weighted by molar-refractivity contribution is 9.10. The average Bonchev–Trinajstić information content (AvgIpc) is 2.26. The van der Waals surface area contributed by atoms with E-state index < -0.39 is 10.0 Å². The molecule has 1 rings (SSSR count). The molecule has 0 aliphatic rings. The summed E-state index contributed by atoms with van der Waals surface area (Å²) < 4.78 is 31.6. The number of sulfonamides is 1. The number of hydrogen-bond acceptors (Lipinski definition) is 3. The van der Waals surface area contributed by atoms with E-state index >= 15 is 0 Å². The fourth-order valence-electron chi connectivity index (χ4n) is 1.34. The SMILES string of the molecule is COCCCS(=O)(=O)Nc1cc(Cl)c(C)cc1Br. The smallest absolute Gasteiger partial charge is 0.232 e. The van der Waals surface area contributed by atoms with Crippen molar-refractivity contribution in [1.82, 2.24) is 0 Å². The Balaban J connectivity index is 2.81. The minimum Gasteiger partial charge on any atom is -0.385 e. The third-order valence-corrected chi connectivity index (χ3v) is 4.70. The van der Waals surface area contributed by atoms with Crippen LogP contribution in [0.15, 0.2) is 16.6 Å². The van der Waals surface area contributed by atoms with Gasteiger partial charge in [-0.2, -0.15) is 0 Å². The molecule has 0 aromatic heterocycles. The molecule has 4 nitrogen and oxygen atoms in total. The van der Waals surface area contributed by atoms with Crippen LogP contribution in [0.3, 0.4) is 0 Å². The standard InChI is InChI=1S/C11H15BrClNO3S/c1-8-6-9(12)11(7-10(8)13)14-18(15,16)5-3-4-17-2/h6-7,14H,3-5H2,1-2H3. The molecule has 0 saturated heterocycles. The van der Waals surface area contributed by atoms with Crippen LogP contribution in [0.5, 0.6) is 0 Å². The maximum absolute atomic E-state index is 11.8. The highest BCUT2D eigenvalue weighted by atomic mass is 79.9. The van der Waals surface area contributed by atoms with Gasteiger partial charge in [-0.05, 0) is 47.0 Å². The van der Waals surface area contributed by atoms with Crippen LogP contribution >= 0.6 is 27.5 Å². The maximum atomic E-state index is 11.8. The van der Waals surface area contributed by atoms with Gasteiger partial charge < -0.3 is 4.74 Å². The van der Waals surface area contributed by atoms with Gasteiger partial charge in [-0.25, -0.2) is 8.42 Å². The van der Waals surface area contributed by atoms with Gasteiger partial charge in [0, 0.05) is 23.2 Å². The molecule has 0 aliphatic carbocycles. The van der Waals surface area contributed by atoms with E-state index in [2.05, 4.69) is 20.7 Å². The van der Waals surface area contributed by atoms with Gasteiger partial charge in [0.2, 0.25) is 10.0 Å². The molecule has 7 heteroatoms. The molecule has 102 valence electrons. The Hall–Kier alpha value is -0.300. The maximum Gasteiger partial charge on any atom is 0.232 e. The number of nitrogens with one attached hydrogen (secondary N) is 1. The molecule has 18 heavy (non-hydrogen) atoms. The van der Waals surface area contributed by atoms with Gasteiger partial charge >= 0.3 is 0 Å². The Bertz CT molecular complexity index is 519. The summed E-state index contributed by atoms with van der Waals surface area (Å²) in [5, 5.41) is 0.521. The second kappa shape index (κ2) is 6.75. The van der Waals surface area contributed by atoms with Gasteiger partial charge in [0.05, 0.1) is 11.4 Å². The predicted octanol–water partition coefficient (Wildman–Crippen LogP) is 3.19. The third-order valence-electron chi connectivity index (χ3n) is 2.28. The highest BCUT2D eigenvalue weighted by Gasteiger charge is 2.13. The lowest BCUT2D eigenvalue weighted by Crippen LogP contribution is -2.18. The summed E-state index contributed by atoms with van der Waals surface area (Å²) in [6.07, 6.45) is 0.447. The lowest BCUT2D eigenvalue weighted by Gasteiger charge is -2.11. The van der Waals surface area contributed by atoms with Crippen molar-refractivity contribution in [3.05, 3.63) is 27.2 Å². The summed E-state index contributed by atoms with van der Waals surface area (Å²) >= 11 is 9.27. The summed E-state index contributed by atoms with van der Waals surface area (Å²) in [5.41, 5.74) is 1.33. The topological polar surface area (TPSA) is 55.4 Å². The first-order valence-corrected chi connectivity index (χ1v) is 8.13. The normalized spacial score (nSPS) is 11.6. The van der Waals surface area contributed by atoms with E-state index in [1.165, 1.54) is 7.11 Å². The molecule has 0 atom stereocenters. The molecule has 0 bridgehead atoms. The van der Waals surface area contributed by atoms with E-state index in [9.17, 15) is 8.42 Å². The highest BCUT2D eigenvalue weighted by Crippen LogP contribution is 2.29. The van der Waals surface area contributed by atoms with Gasteiger partial charge in [-0.3, -0.25) is 4.72 Å². The molecule has 1 aromatic rings. The second-order valence-corrected chi connectivity index (χ2v) is 6.95. The quantitative estimate of drug-likeness (QED) is 0.796. The van der Waals surface area contributed by atoms with Crippen molar-refractivity contribution in [1.29, 1.82) is 0 Å². The summed E-state index contributed by atoms with van der Waals surface area (Å²) in [6, 6.07) is 3.37. The minimum absolute atomic E-state index is 0.0127. The van der Waals surface area contributed by atoms with E-state index in [1.807, 2.05) is 6.92 Å². The fraction of sp³-hybridized carbons (Fsp3) is 0.455. The molecule has 0 radical (unpaired) electrons. The Labute approximate surface area is 121 Å². The van der Waals surface area contributed by atoms with Crippen molar-refractivity contribution < 1.29 is 13.2 Å². The van der Waals surface area contributed by atoms with E-state index in [4.69, 9.17) is 16.3 Å². The molecule has 0 saturated carbocycles. The van der Waals surface area contributed by atoms with Crippen LogP contribution in [-0.2, 0) is 14.8 Å². The Morgan fingerprint density at radius 1 is 1.44 bits per heavy atom. The minimum atomic E-state index is -3.38. The zero-order valence-electron chi connectivity index (χ0n) is 10.2. The molecule has 0 spiro atoms. The summed E-state index contributed by atoms with van der Waals surface area (Å²) in [7, 11) is -1.84. The monoisotopic (exact) mass is 355 g/mol. The zero-order chi connectivity index (χ0) is 13.8. The lowest BCUT2D eigenvalue weighted by atomic mass is 10.2. The number of methoxy groups -OCH3 is 1. The molecular formula is C11H15BrClNO3S. The lowest BCUT2D eigenvalue weighted by molar-refractivity contribution is 0.199. The van der Waals surface area contributed by atoms with Crippen molar-refractivity contribution in [2.45, 2.75) is 13.3 Å². The Kier molecular flexibility index (Phi) is 5.91. The first kappa shape index (κ1) is 15.8. The van der Waals surface area contributed by atoms with E-state index in [0.717, 1.165) is 5.56 Å². The van der Waals surface area contributed by atoms with Crippen LogP contribution in [0.4, 0.5) is 5.69 Å². The van der Waals surface area contributed by atoms with Crippen molar-refractivity contribution >= 4 is 43.2 Å². The second-order valence-electron chi connectivity index (χ2n) is 3.85. The number of rotatable bonds is 6. The average molecular weight is 357 g/mol. The van der Waals surface area contributed by atoms with E-state index in [1.54, 1.807) is 12.1 Å². The predicted molar refractivity (Wildman–Crippen MR) is 77.8 cm³/mol. The molecule has 0 amide bonds. The first-order chi connectivity index (χ1) is 8.35. The third kappa shape index (κ3) is 4.76. The Morgan fingerprint density at radius 3 is 2.72 bits per heavy atom. The van der Waals surface area contributed by atoms with Crippen LogP contribution in [0.25, 0.3) is 0 Å². The first-order valence-electron chi connectivity index (χ1n) is 5.31. The van der Waals surface area contributed by atoms with Crippen molar-refractivity contribution in [3.63, 3.8) is 0 Å². The van der Waals surface area contributed by atoms with E-state index in [-0.39, 0.29) is 5.75 Å². The number of hydrogen-bond donors (Lipinski definition) is 1. The molecule has 1 N–H and O–H groups in total. The molecule has 0 heterocycles. The number of benzene rings is 1. The zero-order valence-corrected chi connectivity index (χ0v) is 13.3. The number of halogens is 2. The van der Waals surface area contributed by atoms with Gasteiger partial charge in [-0.1, -0.05) is 11.6 Å². The summed E-state index contributed by atoms with van der Waals surface area (Å²) in [6.45, 7) is 2.26. The molecule has 0 fully saturated rings. The number of aryl methyl sites for hydroxylation is 1.